The predicted molar refractivity (Wildman–Crippen MR) is 109 cm³/mol. The molecule has 2 nitrogen and oxygen atoms in total. The average Bonchev–Trinajstić information content (AvgIpc) is 2.98. The van der Waals surface area contributed by atoms with Crippen LogP contribution in [0.25, 0.3) is 0 Å². The van der Waals surface area contributed by atoms with Crippen molar-refractivity contribution in [2.45, 2.75) is 103 Å². The molecule has 0 saturated carbocycles. The third-order valence-electron chi connectivity index (χ3n) is 4.75. The van der Waals surface area contributed by atoms with Gasteiger partial charge in [-0.05, 0) is 31.4 Å². The molecule has 1 atom stereocenters. The zero-order chi connectivity index (χ0) is 17.5. The average molecular weight is 354 g/mol. The normalized spacial score (nSPS) is 12.6. The second-order valence-electron chi connectivity index (χ2n) is 7.32. The van der Waals surface area contributed by atoms with E-state index in [1.807, 2.05) is 0 Å². The highest BCUT2D eigenvalue weighted by Gasteiger charge is 2.04. The van der Waals surface area contributed by atoms with Gasteiger partial charge in [0.25, 0.3) is 0 Å². The van der Waals surface area contributed by atoms with Crippen LogP contribution in [0.15, 0.2) is 18.7 Å². The molecule has 0 spiro atoms. The van der Waals surface area contributed by atoms with E-state index in [0.717, 1.165) is 5.25 Å². The van der Waals surface area contributed by atoms with E-state index in [1.165, 1.54) is 89.3 Å². The molecular formula is C21H41N2S+. The lowest BCUT2D eigenvalue weighted by Crippen LogP contribution is -2.23. The maximum absolute atomic E-state index is 2.42. The third-order valence-corrected chi connectivity index (χ3v) is 6.08. The molecule has 24 heavy (non-hydrogen) atoms. The van der Waals surface area contributed by atoms with E-state index in [1.54, 1.807) is 0 Å². The van der Waals surface area contributed by atoms with Crippen molar-refractivity contribution < 1.29 is 4.57 Å². The standard InChI is InChI=1S/C21H41N2S/c1-4-5-6-7-8-9-10-14-19-24-21(2)15-12-11-13-16-23-18-17-22(3)20-23/h17-18,20-21H,4-16,19H2,1-3H3/q+1. The number of hydrogen-bond donors (Lipinski definition) is 0. The number of thioether (sulfide) groups is 1. The minimum Gasteiger partial charge on any atom is -0.240 e. The number of hydrogen-bond acceptors (Lipinski definition) is 1. The van der Waals surface area contributed by atoms with Crippen LogP contribution in [0, 0.1) is 0 Å². The molecule has 0 N–H and O–H groups in total. The Morgan fingerprint density at radius 1 is 0.917 bits per heavy atom. The minimum absolute atomic E-state index is 0.846. The fourth-order valence-corrected chi connectivity index (χ4v) is 4.25. The molecule has 1 unspecified atom stereocenters. The zero-order valence-electron chi connectivity index (χ0n) is 16.5. The summed E-state index contributed by atoms with van der Waals surface area (Å²) in [6.07, 6.45) is 23.4. The molecule has 140 valence electrons. The summed E-state index contributed by atoms with van der Waals surface area (Å²) in [6, 6.07) is 0. The third kappa shape index (κ3) is 12.0. The van der Waals surface area contributed by atoms with Gasteiger partial charge in [0.05, 0.1) is 13.6 Å². The summed E-state index contributed by atoms with van der Waals surface area (Å²) in [5.74, 6) is 1.37. The monoisotopic (exact) mass is 353 g/mol. The van der Waals surface area contributed by atoms with Gasteiger partial charge in [0.1, 0.15) is 12.4 Å². The van der Waals surface area contributed by atoms with Crippen LogP contribution < -0.4 is 4.57 Å². The van der Waals surface area contributed by atoms with Gasteiger partial charge in [0.2, 0.25) is 6.33 Å². The lowest BCUT2D eigenvalue weighted by atomic mass is 10.1. The number of aryl methyl sites for hydroxylation is 2. The Bertz CT molecular complexity index is 389. The SMILES string of the molecule is CCCCCCCCCCSC(C)CCCCCn1cc[n+](C)c1. The van der Waals surface area contributed by atoms with Gasteiger partial charge >= 0.3 is 0 Å². The van der Waals surface area contributed by atoms with Crippen LogP contribution in [-0.2, 0) is 13.6 Å². The summed E-state index contributed by atoms with van der Waals surface area (Å²) in [6.45, 7) is 5.88. The lowest BCUT2D eigenvalue weighted by molar-refractivity contribution is -0.671. The molecule has 1 aromatic rings. The number of aromatic nitrogens is 2. The Morgan fingerprint density at radius 3 is 2.25 bits per heavy atom. The van der Waals surface area contributed by atoms with E-state index >= 15 is 0 Å². The molecule has 0 aliphatic rings. The van der Waals surface area contributed by atoms with Gasteiger partial charge in [-0.15, -0.1) is 0 Å². The lowest BCUT2D eigenvalue weighted by Gasteiger charge is -2.10. The predicted octanol–water partition coefficient (Wildman–Crippen LogP) is 6.14. The van der Waals surface area contributed by atoms with E-state index in [-0.39, 0.29) is 0 Å². The van der Waals surface area contributed by atoms with Gasteiger partial charge in [0, 0.05) is 5.25 Å². The topological polar surface area (TPSA) is 8.81 Å². The number of imidazole rings is 1. The fraction of sp³-hybridized carbons (Fsp3) is 0.857. The maximum Gasteiger partial charge on any atom is 0.243 e. The smallest absolute Gasteiger partial charge is 0.240 e. The van der Waals surface area contributed by atoms with Crippen LogP contribution in [0.3, 0.4) is 0 Å². The summed E-state index contributed by atoms with van der Waals surface area (Å²) < 4.78 is 4.41. The number of nitrogens with zero attached hydrogens (tertiary/aromatic N) is 2. The van der Waals surface area contributed by atoms with Crippen molar-refractivity contribution in [1.82, 2.24) is 4.57 Å². The first-order valence-corrected chi connectivity index (χ1v) is 11.4. The molecule has 0 saturated heterocycles. The van der Waals surface area contributed by atoms with Crippen molar-refractivity contribution in [2.24, 2.45) is 7.05 Å². The molecule has 1 heterocycles. The van der Waals surface area contributed by atoms with E-state index < -0.39 is 0 Å². The Morgan fingerprint density at radius 2 is 1.58 bits per heavy atom. The van der Waals surface area contributed by atoms with Gasteiger partial charge in [-0.1, -0.05) is 65.2 Å². The molecule has 0 bridgehead atoms. The largest absolute Gasteiger partial charge is 0.243 e. The van der Waals surface area contributed by atoms with Crippen molar-refractivity contribution in [3.05, 3.63) is 18.7 Å². The van der Waals surface area contributed by atoms with E-state index in [9.17, 15) is 0 Å². The second-order valence-corrected chi connectivity index (χ2v) is 8.87. The van der Waals surface area contributed by atoms with Gasteiger partial charge in [0.15, 0.2) is 0 Å². The van der Waals surface area contributed by atoms with Crippen molar-refractivity contribution in [2.75, 3.05) is 5.75 Å². The van der Waals surface area contributed by atoms with E-state index in [4.69, 9.17) is 0 Å². The zero-order valence-corrected chi connectivity index (χ0v) is 17.3. The second kappa shape index (κ2) is 14.9. The summed E-state index contributed by atoms with van der Waals surface area (Å²) >= 11 is 2.20. The van der Waals surface area contributed by atoms with Gasteiger partial charge < -0.3 is 0 Å². The van der Waals surface area contributed by atoms with Crippen LogP contribution in [0.4, 0.5) is 0 Å². The van der Waals surface area contributed by atoms with Crippen LogP contribution in [0.2, 0.25) is 0 Å². The van der Waals surface area contributed by atoms with Gasteiger partial charge in [-0.2, -0.15) is 11.8 Å². The quantitative estimate of drug-likeness (QED) is 0.256. The molecule has 0 aliphatic heterocycles. The Kier molecular flexibility index (Phi) is 13.4. The maximum atomic E-state index is 2.42. The molecular weight excluding hydrogens is 312 g/mol. The molecule has 0 aliphatic carbocycles. The van der Waals surface area contributed by atoms with Crippen LogP contribution in [0.5, 0.6) is 0 Å². The Balaban J connectivity index is 1.82. The Labute approximate surface area is 155 Å². The Hall–Kier alpha value is -0.440. The molecule has 0 fully saturated rings. The number of rotatable bonds is 16. The molecule has 0 aromatic carbocycles. The van der Waals surface area contributed by atoms with E-state index in [0.29, 0.717) is 0 Å². The van der Waals surface area contributed by atoms with Crippen LogP contribution >= 0.6 is 11.8 Å². The van der Waals surface area contributed by atoms with E-state index in [2.05, 4.69) is 60.5 Å². The van der Waals surface area contributed by atoms with Gasteiger partial charge in [-0.3, -0.25) is 0 Å². The molecule has 3 heteroatoms. The highest BCUT2D eigenvalue weighted by Crippen LogP contribution is 2.19. The highest BCUT2D eigenvalue weighted by molar-refractivity contribution is 7.99. The fourth-order valence-electron chi connectivity index (χ4n) is 3.14. The molecule has 0 amide bonds. The first-order chi connectivity index (χ1) is 11.7. The first-order valence-electron chi connectivity index (χ1n) is 10.3. The summed E-state index contributed by atoms with van der Waals surface area (Å²) in [5.41, 5.74) is 0. The molecule has 1 aromatic heterocycles. The number of unbranched alkanes of at least 4 members (excludes halogenated alkanes) is 9. The van der Waals surface area contributed by atoms with Crippen molar-refractivity contribution >= 4 is 11.8 Å². The van der Waals surface area contributed by atoms with Gasteiger partial charge in [-0.25, -0.2) is 9.13 Å². The molecule has 1 rings (SSSR count). The van der Waals surface area contributed by atoms with Crippen molar-refractivity contribution in [3.63, 3.8) is 0 Å². The minimum atomic E-state index is 0.846. The highest BCUT2D eigenvalue weighted by atomic mass is 32.2. The van der Waals surface area contributed by atoms with Crippen molar-refractivity contribution in [3.8, 4) is 0 Å². The first kappa shape index (κ1) is 21.6. The summed E-state index contributed by atoms with van der Waals surface area (Å²) in [4.78, 5) is 0. The van der Waals surface area contributed by atoms with Crippen LogP contribution in [0.1, 0.15) is 90.9 Å². The summed E-state index contributed by atoms with van der Waals surface area (Å²) in [5, 5.41) is 0.846. The molecule has 0 radical (unpaired) electrons. The summed E-state index contributed by atoms with van der Waals surface area (Å²) in [7, 11) is 2.09. The van der Waals surface area contributed by atoms with Crippen molar-refractivity contribution in [1.29, 1.82) is 0 Å². The van der Waals surface area contributed by atoms with Crippen LogP contribution in [-0.4, -0.2) is 15.6 Å².